The maximum absolute atomic E-state index is 13.0. The van der Waals surface area contributed by atoms with Crippen molar-refractivity contribution in [2.24, 2.45) is 0 Å². The highest BCUT2D eigenvalue weighted by Gasteiger charge is 2.36. The largest absolute Gasteiger partial charge is 0.495 e. The van der Waals surface area contributed by atoms with Crippen molar-refractivity contribution in [2.75, 3.05) is 27.3 Å². The summed E-state index contributed by atoms with van der Waals surface area (Å²) in [6.07, 6.45) is 3.13. The molecular weight excluding hydrogens is 382 g/mol. The number of ether oxygens (including phenoxy) is 3. The van der Waals surface area contributed by atoms with Crippen molar-refractivity contribution in [3.8, 4) is 17.5 Å². The summed E-state index contributed by atoms with van der Waals surface area (Å²) in [4.78, 5) is 8.13. The average Bonchev–Trinajstić information content (AvgIpc) is 3.11. The minimum absolute atomic E-state index is 0.0326. The van der Waals surface area contributed by atoms with Gasteiger partial charge >= 0.3 is 0 Å². The van der Waals surface area contributed by atoms with Crippen molar-refractivity contribution in [3.63, 3.8) is 0 Å². The van der Waals surface area contributed by atoms with Crippen molar-refractivity contribution in [1.29, 1.82) is 0 Å². The summed E-state index contributed by atoms with van der Waals surface area (Å²) < 4.78 is 43.3. The Morgan fingerprint density at radius 2 is 1.88 bits per heavy atom. The van der Waals surface area contributed by atoms with Gasteiger partial charge in [-0.2, -0.15) is 4.31 Å². The quantitative estimate of drug-likeness (QED) is 0.733. The third-order valence-corrected chi connectivity index (χ3v) is 6.08. The van der Waals surface area contributed by atoms with Gasteiger partial charge in [-0.3, -0.25) is 0 Å². The lowest BCUT2D eigenvalue weighted by Crippen LogP contribution is -2.31. The first-order valence-corrected chi connectivity index (χ1v) is 9.63. The predicted octanol–water partition coefficient (Wildman–Crippen LogP) is 1.99. The Balaban J connectivity index is 1.79. The number of benzene rings is 1. The van der Waals surface area contributed by atoms with Gasteiger partial charge in [0.15, 0.2) is 0 Å². The van der Waals surface area contributed by atoms with Crippen molar-refractivity contribution in [1.82, 2.24) is 14.3 Å². The number of halogens is 1. The molecule has 10 heteroatoms. The van der Waals surface area contributed by atoms with Crippen LogP contribution in [0, 0.1) is 0 Å². The van der Waals surface area contributed by atoms with Gasteiger partial charge in [-0.25, -0.2) is 18.4 Å². The summed E-state index contributed by atoms with van der Waals surface area (Å²) in [6, 6.07) is 4.49. The number of hydrogen-bond acceptors (Lipinski definition) is 7. The molecule has 1 unspecified atom stereocenters. The Bertz CT molecular complexity index is 893. The van der Waals surface area contributed by atoms with Gasteiger partial charge in [0, 0.05) is 24.0 Å². The van der Waals surface area contributed by atoms with E-state index < -0.39 is 10.0 Å². The lowest BCUT2D eigenvalue weighted by atomic mass is 10.3. The van der Waals surface area contributed by atoms with E-state index in [1.54, 1.807) is 6.07 Å². The fourth-order valence-corrected chi connectivity index (χ4v) is 4.60. The standard InChI is InChI=1S/C16H18ClN3O5S/c1-23-13-4-3-11(17)9-14(13)26(21,22)20-8-5-12(10-20)25-16-15(24-2)18-6-7-19-16/h3-4,6-7,9,12H,5,8,10H2,1-2H3. The molecule has 2 aromatic rings. The summed E-state index contributed by atoms with van der Waals surface area (Å²) in [5, 5.41) is 0.320. The van der Waals surface area contributed by atoms with Gasteiger partial charge in [0.25, 0.3) is 11.8 Å². The van der Waals surface area contributed by atoms with E-state index in [9.17, 15) is 8.42 Å². The maximum atomic E-state index is 13.0. The minimum Gasteiger partial charge on any atom is -0.495 e. The van der Waals surface area contributed by atoms with E-state index in [-0.39, 0.29) is 35.1 Å². The van der Waals surface area contributed by atoms with Crippen LogP contribution in [0.2, 0.25) is 5.02 Å². The first kappa shape index (κ1) is 18.7. The number of methoxy groups -OCH3 is 2. The second-order valence-electron chi connectivity index (χ2n) is 5.56. The Morgan fingerprint density at radius 3 is 2.58 bits per heavy atom. The topological polar surface area (TPSA) is 90.9 Å². The first-order valence-electron chi connectivity index (χ1n) is 7.81. The van der Waals surface area contributed by atoms with Crippen LogP contribution in [-0.2, 0) is 10.0 Å². The zero-order chi connectivity index (χ0) is 18.7. The van der Waals surface area contributed by atoms with E-state index in [4.69, 9.17) is 25.8 Å². The molecule has 0 radical (unpaired) electrons. The lowest BCUT2D eigenvalue weighted by molar-refractivity contribution is 0.194. The monoisotopic (exact) mass is 399 g/mol. The number of nitrogens with zero attached hydrogens (tertiary/aromatic N) is 3. The molecule has 1 aliphatic rings. The summed E-state index contributed by atoms with van der Waals surface area (Å²) in [7, 11) is -0.887. The van der Waals surface area contributed by atoms with E-state index in [0.717, 1.165) is 0 Å². The number of hydrogen-bond donors (Lipinski definition) is 0. The molecule has 0 amide bonds. The molecule has 0 aliphatic carbocycles. The molecule has 0 spiro atoms. The molecule has 3 rings (SSSR count). The summed E-state index contributed by atoms with van der Waals surface area (Å²) in [5.74, 6) is 0.735. The van der Waals surface area contributed by atoms with Gasteiger partial charge < -0.3 is 14.2 Å². The van der Waals surface area contributed by atoms with Crippen LogP contribution in [0.3, 0.4) is 0 Å². The highest BCUT2D eigenvalue weighted by molar-refractivity contribution is 7.89. The van der Waals surface area contributed by atoms with Crippen LogP contribution in [0.5, 0.6) is 17.5 Å². The highest BCUT2D eigenvalue weighted by Crippen LogP contribution is 2.32. The zero-order valence-corrected chi connectivity index (χ0v) is 15.8. The summed E-state index contributed by atoms with van der Waals surface area (Å²) in [6.45, 7) is 0.489. The molecule has 1 aromatic carbocycles. The molecule has 0 N–H and O–H groups in total. The zero-order valence-electron chi connectivity index (χ0n) is 14.3. The summed E-state index contributed by atoms with van der Waals surface area (Å²) >= 11 is 5.96. The molecule has 26 heavy (non-hydrogen) atoms. The Hall–Kier alpha value is -2.10. The molecule has 1 fully saturated rings. The molecule has 1 saturated heterocycles. The third kappa shape index (κ3) is 3.69. The van der Waals surface area contributed by atoms with Gasteiger partial charge in [-0.05, 0) is 24.6 Å². The van der Waals surface area contributed by atoms with Gasteiger partial charge in [0.05, 0.1) is 20.8 Å². The van der Waals surface area contributed by atoms with E-state index in [2.05, 4.69) is 9.97 Å². The first-order chi connectivity index (χ1) is 12.5. The average molecular weight is 400 g/mol. The van der Waals surface area contributed by atoms with E-state index in [1.165, 1.54) is 43.1 Å². The predicted molar refractivity (Wildman–Crippen MR) is 94.4 cm³/mol. The lowest BCUT2D eigenvalue weighted by Gasteiger charge is -2.19. The number of rotatable bonds is 6. The van der Waals surface area contributed by atoms with Crippen molar-refractivity contribution in [3.05, 3.63) is 35.6 Å². The number of aromatic nitrogens is 2. The van der Waals surface area contributed by atoms with E-state index in [1.807, 2.05) is 0 Å². The van der Waals surface area contributed by atoms with Crippen LogP contribution in [0.15, 0.2) is 35.5 Å². The fraction of sp³-hybridized carbons (Fsp3) is 0.375. The Labute approximate surface area is 156 Å². The van der Waals surface area contributed by atoms with Gasteiger partial charge in [-0.1, -0.05) is 11.6 Å². The molecular formula is C16H18ClN3O5S. The van der Waals surface area contributed by atoms with Crippen LogP contribution >= 0.6 is 11.6 Å². The van der Waals surface area contributed by atoms with Crippen LogP contribution in [0.1, 0.15) is 6.42 Å². The highest BCUT2D eigenvalue weighted by atomic mass is 35.5. The molecule has 2 heterocycles. The Kier molecular flexibility index (Phi) is 5.49. The van der Waals surface area contributed by atoms with Crippen LogP contribution in [-0.4, -0.2) is 56.1 Å². The van der Waals surface area contributed by atoms with Gasteiger partial charge in [0.2, 0.25) is 10.0 Å². The molecule has 1 aromatic heterocycles. The van der Waals surface area contributed by atoms with Crippen LogP contribution in [0.25, 0.3) is 0 Å². The fourth-order valence-electron chi connectivity index (χ4n) is 2.69. The van der Waals surface area contributed by atoms with Crippen molar-refractivity contribution >= 4 is 21.6 Å². The third-order valence-electron chi connectivity index (χ3n) is 3.96. The second-order valence-corrected chi connectivity index (χ2v) is 7.90. The maximum Gasteiger partial charge on any atom is 0.278 e. The molecule has 1 aliphatic heterocycles. The summed E-state index contributed by atoms with van der Waals surface area (Å²) in [5.41, 5.74) is 0. The van der Waals surface area contributed by atoms with E-state index >= 15 is 0 Å². The SMILES string of the molecule is COc1ccc(Cl)cc1S(=O)(=O)N1CCC(Oc2nccnc2OC)C1. The molecule has 1 atom stereocenters. The van der Waals surface area contributed by atoms with Crippen LogP contribution in [0.4, 0.5) is 0 Å². The van der Waals surface area contributed by atoms with Crippen LogP contribution < -0.4 is 14.2 Å². The number of sulfonamides is 1. The van der Waals surface area contributed by atoms with Gasteiger partial charge in [0.1, 0.15) is 16.7 Å². The normalized spacial score (nSPS) is 17.9. The van der Waals surface area contributed by atoms with Crippen molar-refractivity contribution < 1.29 is 22.6 Å². The second kappa shape index (κ2) is 7.65. The van der Waals surface area contributed by atoms with Crippen molar-refractivity contribution in [2.45, 2.75) is 17.4 Å². The molecule has 0 bridgehead atoms. The smallest absolute Gasteiger partial charge is 0.278 e. The molecule has 140 valence electrons. The molecule has 8 nitrogen and oxygen atoms in total. The molecule has 0 saturated carbocycles. The van der Waals surface area contributed by atoms with E-state index in [0.29, 0.717) is 18.0 Å². The van der Waals surface area contributed by atoms with Gasteiger partial charge in [-0.15, -0.1) is 0 Å². The minimum atomic E-state index is -3.77. The Morgan fingerprint density at radius 1 is 1.15 bits per heavy atom.